The van der Waals surface area contributed by atoms with Crippen LogP contribution >= 0.6 is 0 Å². The number of hydrogen-bond donors (Lipinski definition) is 1. The van der Waals surface area contributed by atoms with Crippen LogP contribution in [0.25, 0.3) is 0 Å². The molecule has 0 spiro atoms. The summed E-state index contributed by atoms with van der Waals surface area (Å²) in [5.74, 6) is 2.87. The fourth-order valence-electron chi connectivity index (χ4n) is 9.95. The van der Waals surface area contributed by atoms with Crippen molar-refractivity contribution in [3.8, 4) is 0 Å². The summed E-state index contributed by atoms with van der Waals surface area (Å²) >= 11 is 0. The Morgan fingerprint density at radius 3 is 2.39 bits per heavy atom. The van der Waals surface area contributed by atoms with Crippen LogP contribution in [0.15, 0.2) is 23.8 Å². The molecular weight excluding hydrogens is 404 g/mol. The van der Waals surface area contributed by atoms with E-state index in [1.165, 1.54) is 44.9 Å². The number of aliphatic hydroxyl groups excluding tert-OH is 1. The molecule has 2 nitrogen and oxygen atoms in total. The lowest BCUT2D eigenvalue weighted by Gasteiger charge is -2.64. The number of ether oxygens (including phenoxy) is 1. The average molecular weight is 457 g/mol. The first kappa shape index (κ1) is 25.5. The second-order valence-corrected chi connectivity index (χ2v) is 13.9. The molecular formula is C31H52O2. The topological polar surface area (TPSA) is 29.5 Å². The fraction of sp³-hybridized carbons (Fsp3) is 0.871. The van der Waals surface area contributed by atoms with Crippen molar-refractivity contribution in [2.24, 2.45) is 45.3 Å². The number of fused-ring (bicyclic) bond motifs is 5. The van der Waals surface area contributed by atoms with Crippen molar-refractivity contribution >= 4 is 0 Å². The molecule has 0 amide bonds. The van der Waals surface area contributed by atoms with Crippen LogP contribution in [0.5, 0.6) is 0 Å². The molecule has 0 aromatic carbocycles. The third kappa shape index (κ3) is 3.64. The molecule has 33 heavy (non-hydrogen) atoms. The molecule has 0 aromatic heterocycles. The highest BCUT2D eigenvalue weighted by Crippen LogP contribution is 2.73. The monoisotopic (exact) mass is 456 g/mol. The molecule has 3 saturated carbocycles. The molecule has 1 N–H and O–H groups in total. The predicted molar refractivity (Wildman–Crippen MR) is 139 cm³/mol. The molecule has 4 rings (SSSR count). The number of allylic oxidation sites excluding steroid dienone is 2. The minimum Gasteiger partial charge on any atom is -0.389 e. The van der Waals surface area contributed by atoms with Gasteiger partial charge in [0.1, 0.15) is 0 Å². The summed E-state index contributed by atoms with van der Waals surface area (Å²) in [4.78, 5) is 0. The molecule has 0 radical (unpaired) electrons. The highest BCUT2D eigenvalue weighted by Gasteiger charge is 2.65. The van der Waals surface area contributed by atoms with E-state index in [-0.39, 0.29) is 11.5 Å². The summed E-state index contributed by atoms with van der Waals surface area (Å²) in [5.41, 5.74) is 4.09. The maximum absolute atomic E-state index is 10.3. The van der Waals surface area contributed by atoms with Gasteiger partial charge in [-0.1, -0.05) is 65.3 Å². The minimum atomic E-state index is -0.341. The molecule has 3 fully saturated rings. The van der Waals surface area contributed by atoms with E-state index in [1.54, 1.807) is 0 Å². The molecule has 4 aliphatic rings. The summed E-state index contributed by atoms with van der Waals surface area (Å²) in [6.45, 7) is 21.2. The van der Waals surface area contributed by atoms with Gasteiger partial charge in [0, 0.05) is 7.11 Å². The lowest BCUT2D eigenvalue weighted by molar-refractivity contribution is -0.130. The maximum Gasteiger partial charge on any atom is 0.0744 e. The van der Waals surface area contributed by atoms with Crippen LogP contribution in [0, 0.1) is 45.3 Å². The zero-order chi connectivity index (χ0) is 24.4. The van der Waals surface area contributed by atoms with E-state index in [0.29, 0.717) is 28.3 Å². The summed E-state index contributed by atoms with van der Waals surface area (Å²) in [6, 6.07) is 0. The summed E-state index contributed by atoms with van der Waals surface area (Å²) < 4.78 is 5.99. The third-order valence-corrected chi connectivity index (χ3v) is 12.3. The average Bonchev–Trinajstić information content (AvgIpc) is 3.03. The van der Waals surface area contributed by atoms with Crippen LogP contribution in [-0.2, 0) is 4.74 Å². The zero-order valence-electron chi connectivity index (χ0n) is 23.0. The number of methoxy groups -OCH3 is 1. The van der Waals surface area contributed by atoms with Gasteiger partial charge in [0.25, 0.3) is 0 Å². The van der Waals surface area contributed by atoms with Gasteiger partial charge in [-0.05, 0) is 110 Å². The van der Waals surface area contributed by atoms with Gasteiger partial charge in [0.05, 0.1) is 12.2 Å². The number of hydrogen-bond acceptors (Lipinski definition) is 2. The van der Waals surface area contributed by atoms with Gasteiger partial charge in [0.15, 0.2) is 0 Å². The lowest BCUT2D eigenvalue weighted by Crippen LogP contribution is -2.58. The van der Waals surface area contributed by atoms with Crippen molar-refractivity contribution in [1.82, 2.24) is 0 Å². The fourth-order valence-corrected chi connectivity index (χ4v) is 9.95. The Balaban J connectivity index is 1.60. The van der Waals surface area contributed by atoms with E-state index in [2.05, 4.69) is 54.2 Å². The standard InChI is InChI=1S/C31H52O2/c1-20(2)25(32)12-10-21(3)22-14-18-31(8)24-11-13-26-28(4,5)27(33-9)16-17-29(26,6)23(24)15-19-30(22,31)7/h15,21-22,24-27,32H,1,10-14,16-19H2,2-9H3. The van der Waals surface area contributed by atoms with Gasteiger partial charge in [0.2, 0.25) is 0 Å². The second kappa shape index (κ2) is 8.51. The maximum atomic E-state index is 10.3. The molecule has 0 aromatic rings. The van der Waals surface area contributed by atoms with Gasteiger partial charge in [-0.25, -0.2) is 0 Å². The van der Waals surface area contributed by atoms with Gasteiger partial charge < -0.3 is 9.84 Å². The van der Waals surface area contributed by atoms with E-state index >= 15 is 0 Å². The minimum absolute atomic E-state index is 0.242. The normalized spacial score (nSPS) is 45.9. The molecule has 0 heterocycles. The Labute approximate surface area is 204 Å². The van der Waals surface area contributed by atoms with Crippen molar-refractivity contribution in [3.63, 3.8) is 0 Å². The van der Waals surface area contributed by atoms with E-state index in [1.807, 2.05) is 19.6 Å². The Bertz CT molecular complexity index is 795. The second-order valence-electron chi connectivity index (χ2n) is 13.9. The highest BCUT2D eigenvalue weighted by molar-refractivity contribution is 5.32. The van der Waals surface area contributed by atoms with Crippen molar-refractivity contribution in [2.45, 2.75) is 118 Å². The largest absolute Gasteiger partial charge is 0.389 e. The Morgan fingerprint density at radius 1 is 1.06 bits per heavy atom. The number of aliphatic hydroxyl groups is 1. The predicted octanol–water partition coefficient (Wildman–Crippen LogP) is 7.96. The zero-order valence-corrected chi connectivity index (χ0v) is 23.0. The third-order valence-electron chi connectivity index (χ3n) is 12.3. The van der Waals surface area contributed by atoms with Crippen LogP contribution in [0.4, 0.5) is 0 Å². The van der Waals surface area contributed by atoms with Crippen molar-refractivity contribution in [3.05, 3.63) is 23.8 Å². The van der Waals surface area contributed by atoms with Crippen LogP contribution in [0.3, 0.4) is 0 Å². The molecule has 9 atom stereocenters. The molecule has 188 valence electrons. The SMILES string of the molecule is C=C(C)C(O)CCC(C)C1CCC2(C)C3CCC4C(C)(CCC(OC)C4(C)C)C3=CCC12C. The van der Waals surface area contributed by atoms with Crippen LogP contribution in [-0.4, -0.2) is 24.4 Å². The molecule has 0 saturated heterocycles. The van der Waals surface area contributed by atoms with E-state index in [9.17, 15) is 5.11 Å². The Morgan fingerprint density at radius 2 is 1.76 bits per heavy atom. The quantitative estimate of drug-likeness (QED) is 0.411. The smallest absolute Gasteiger partial charge is 0.0744 e. The first-order valence-electron chi connectivity index (χ1n) is 13.9. The van der Waals surface area contributed by atoms with Crippen molar-refractivity contribution in [1.29, 1.82) is 0 Å². The van der Waals surface area contributed by atoms with Gasteiger partial charge in [-0.15, -0.1) is 0 Å². The number of rotatable bonds is 6. The van der Waals surface area contributed by atoms with Gasteiger partial charge in [-0.2, -0.15) is 0 Å². The lowest BCUT2D eigenvalue weighted by atomic mass is 9.41. The van der Waals surface area contributed by atoms with Crippen LogP contribution < -0.4 is 0 Å². The van der Waals surface area contributed by atoms with Crippen molar-refractivity contribution < 1.29 is 9.84 Å². The van der Waals surface area contributed by atoms with Crippen molar-refractivity contribution in [2.75, 3.05) is 7.11 Å². The van der Waals surface area contributed by atoms with Crippen LogP contribution in [0.2, 0.25) is 0 Å². The molecule has 0 bridgehead atoms. The van der Waals surface area contributed by atoms with Gasteiger partial charge in [-0.3, -0.25) is 0 Å². The molecule has 9 unspecified atom stereocenters. The van der Waals surface area contributed by atoms with E-state index < -0.39 is 0 Å². The van der Waals surface area contributed by atoms with Gasteiger partial charge >= 0.3 is 0 Å². The summed E-state index contributed by atoms with van der Waals surface area (Å²) in [5, 5.41) is 10.3. The molecule has 2 heteroatoms. The highest BCUT2D eigenvalue weighted by atomic mass is 16.5. The first-order valence-corrected chi connectivity index (χ1v) is 13.9. The Hall–Kier alpha value is -0.600. The Kier molecular flexibility index (Phi) is 6.57. The first-order chi connectivity index (χ1) is 15.3. The van der Waals surface area contributed by atoms with E-state index in [4.69, 9.17) is 4.74 Å². The summed E-state index contributed by atoms with van der Waals surface area (Å²) in [6.07, 6.45) is 13.9. The molecule has 4 aliphatic carbocycles. The summed E-state index contributed by atoms with van der Waals surface area (Å²) in [7, 11) is 1.92. The van der Waals surface area contributed by atoms with E-state index in [0.717, 1.165) is 36.2 Å². The molecule has 0 aliphatic heterocycles. The van der Waals surface area contributed by atoms with Crippen LogP contribution in [0.1, 0.15) is 106 Å².